The Balaban J connectivity index is 1.50. The quantitative estimate of drug-likeness (QED) is 0.744. The SMILES string of the molecule is Oc1ccc(O)c(-c2ccc(C34CC5CC(CC(C5)C3)C4)cc2)c1. The lowest BCUT2D eigenvalue weighted by atomic mass is 9.48. The maximum Gasteiger partial charge on any atom is 0.123 e. The zero-order valence-corrected chi connectivity index (χ0v) is 13.9. The molecule has 0 heterocycles. The van der Waals surface area contributed by atoms with Gasteiger partial charge in [0.25, 0.3) is 0 Å². The smallest absolute Gasteiger partial charge is 0.123 e. The molecule has 24 heavy (non-hydrogen) atoms. The van der Waals surface area contributed by atoms with Crippen molar-refractivity contribution in [3.63, 3.8) is 0 Å². The van der Waals surface area contributed by atoms with E-state index in [-0.39, 0.29) is 11.5 Å². The van der Waals surface area contributed by atoms with Crippen molar-refractivity contribution in [1.82, 2.24) is 0 Å². The average molecular weight is 320 g/mol. The van der Waals surface area contributed by atoms with Gasteiger partial charge in [0.1, 0.15) is 11.5 Å². The molecule has 4 aliphatic carbocycles. The summed E-state index contributed by atoms with van der Waals surface area (Å²) in [5, 5.41) is 19.8. The summed E-state index contributed by atoms with van der Waals surface area (Å²) < 4.78 is 0. The van der Waals surface area contributed by atoms with E-state index in [1.165, 1.54) is 50.2 Å². The van der Waals surface area contributed by atoms with Crippen LogP contribution >= 0.6 is 0 Å². The van der Waals surface area contributed by atoms with E-state index in [1.807, 2.05) is 0 Å². The molecule has 0 amide bonds. The van der Waals surface area contributed by atoms with Crippen LogP contribution in [-0.2, 0) is 5.41 Å². The zero-order valence-electron chi connectivity index (χ0n) is 13.9. The highest BCUT2D eigenvalue weighted by Crippen LogP contribution is 2.60. The van der Waals surface area contributed by atoms with Crippen LogP contribution in [-0.4, -0.2) is 10.2 Å². The Kier molecular flexibility index (Phi) is 3.01. The summed E-state index contributed by atoms with van der Waals surface area (Å²) in [4.78, 5) is 0. The largest absolute Gasteiger partial charge is 0.508 e. The van der Waals surface area contributed by atoms with Gasteiger partial charge in [-0.2, -0.15) is 0 Å². The normalized spacial score (nSPS) is 33.8. The van der Waals surface area contributed by atoms with E-state index in [9.17, 15) is 10.2 Å². The topological polar surface area (TPSA) is 40.5 Å². The maximum atomic E-state index is 10.1. The first-order chi connectivity index (χ1) is 11.6. The molecule has 0 spiro atoms. The number of phenolic OH excluding ortho intramolecular Hbond substituents is 2. The molecule has 0 atom stereocenters. The summed E-state index contributed by atoms with van der Waals surface area (Å²) in [6, 6.07) is 13.5. The lowest BCUT2D eigenvalue weighted by molar-refractivity contribution is -0.00518. The molecule has 2 nitrogen and oxygen atoms in total. The Hall–Kier alpha value is -1.96. The Labute approximate surface area is 143 Å². The van der Waals surface area contributed by atoms with Gasteiger partial charge in [-0.1, -0.05) is 24.3 Å². The minimum Gasteiger partial charge on any atom is -0.508 e. The van der Waals surface area contributed by atoms with Gasteiger partial charge >= 0.3 is 0 Å². The maximum absolute atomic E-state index is 10.1. The lowest BCUT2D eigenvalue weighted by Crippen LogP contribution is -2.48. The van der Waals surface area contributed by atoms with Gasteiger partial charge in [-0.3, -0.25) is 0 Å². The third-order valence-electron chi connectivity index (χ3n) is 6.83. The van der Waals surface area contributed by atoms with E-state index < -0.39 is 0 Å². The Morgan fingerprint density at radius 2 is 1.33 bits per heavy atom. The predicted molar refractivity (Wildman–Crippen MR) is 95.1 cm³/mol. The molecule has 2 aromatic rings. The highest BCUT2D eigenvalue weighted by Gasteiger charge is 2.51. The van der Waals surface area contributed by atoms with E-state index in [2.05, 4.69) is 24.3 Å². The molecule has 4 saturated carbocycles. The summed E-state index contributed by atoms with van der Waals surface area (Å²) in [5.41, 5.74) is 3.57. The van der Waals surface area contributed by atoms with Crippen molar-refractivity contribution in [2.45, 2.75) is 43.9 Å². The summed E-state index contributed by atoms with van der Waals surface area (Å²) in [6.45, 7) is 0. The minimum atomic E-state index is 0.188. The molecule has 0 unspecified atom stereocenters. The van der Waals surface area contributed by atoms with Gasteiger partial charge in [0.2, 0.25) is 0 Å². The summed E-state index contributed by atoms with van der Waals surface area (Å²) in [6.07, 6.45) is 8.51. The number of benzene rings is 2. The first-order valence-electron chi connectivity index (χ1n) is 9.24. The summed E-state index contributed by atoms with van der Waals surface area (Å²) in [5.74, 6) is 3.26. The van der Waals surface area contributed by atoms with E-state index >= 15 is 0 Å². The van der Waals surface area contributed by atoms with E-state index in [0.29, 0.717) is 11.0 Å². The highest BCUT2D eigenvalue weighted by molar-refractivity contribution is 5.71. The van der Waals surface area contributed by atoms with Gasteiger partial charge in [0.05, 0.1) is 0 Å². The van der Waals surface area contributed by atoms with Crippen LogP contribution < -0.4 is 0 Å². The molecule has 4 fully saturated rings. The third-order valence-corrected chi connectivity index (χ3v) is 6.83. The fourth-order valence-electron chi connectivity index (χ4n) is 6.22. The summed E-state index contributed by atoms with van der Waals surface area (Å²) in [7, 11) is 0. The molecule has 4 bridgehead atoms. The second kappa shape index (κ2) is 5.02. The van der Waals surface area contributed by atoms with Crippen molar-refractivity contribution in [3.8, 4) is 22.6 Å². The Morgan fingerprint density at radius 1 is 0.750 bits per heavy atom. The van der Waals surface area contributed by atoms with Crippen molar-refractivity contribution in [3.05, 3.63) is 48.0 Å². The van der Waals surface area contributed by atoms with Crippen molar-refractivity contribution in [1.29, 1.82) is 0 Å². The Morgan fingerprint density at radius 3 is 1.92 bits per heavy atom. The predicted octanol–water partition coefficient (Wildman–Crippen LogP) is 5.23. The minimum absolute atomic E-state index is 0.188. The van der Waals surface area contributed by atoms with E-state index in [0.717, 1.165) is 23.3 Å². The van der Waals surface area contributed by atoms with Crippen molar-refractivity contribution in [2.24, 2.45) is 17.8 Å². The standard InChI is InChI=1S/C22H24O2/c23-19-5-6-21(24)20(10-19)17-1-3-18(4-2-17)22-11-14-7-15(12-22)9-16(8-14)13-22/h1-6,10,14-16,23-24H,7-9,11-13H2. The number of rotatable bonds is 2. The van der Waals surface area contributed by atoms with Crippen LogP contribution in [0.3, 0.4) is 0 Å². The molecular weight excluding hydrogens is 296 g/mol. The summed E-state index contributed by atoms with van der Waals surface area (Å²) >= 11 is 0. The third kappa shape index (κ3) is 2.16. The number of hydrogen-bond acceptors (Lipinski definition) is 2. The van der Waals surface area contributed by atoms with Gasteiger partial charge in [-0.25, -0.2) is 0 Å². The fraction of sp³-hybridized carbons (Fsp3) is 0.455. The van der Waals surface area contributed by atoms with Gasteiger partial charge in [0.15, 0.2) is 0 Å². The molecule has 124 valence electrons. The number of aromatic hydroxyl groups is 2. The Bertz CT molecular complexity index is 740. The van der Waals surface area contributed by atoms with Crippen molar-refractivity contribution < 1.29 is 10.2 Å². The van der Waals surface area contributed by atoms with Crippen molar-refractivity contribution in [2.75, 3.05) is 0 Å². The van der Waals surface area contributed by atoms with Gasteiger partial charge in [0, 0.05) is 5.56 Å². The fourth-order valence-corrected chi connectivity index (χ4v) is 6.22. The van der Waals surface area contributed by atoms with Crippen molar-refractivity contribution >= 4 is 0 Å². The van der Waals surface area contributed by atoms with Gasteiger partial charge < -0.3 is 10.2 Å². The monoisotopic (exact) mass is 320 g/mol. The molecule has 2 aromatic carbocycles. The van der Waals surface area contributed by atoms with Crippen LogP contribution in [0.25, 0.3) is 11.1 Å². The van der Waals surface area contributed by atoms with Crippen LogP contribution in [0.5, 0.6) is 11.5 Å². The molecule has 0 aliphatic heterocycles. The van der Waals surface area contributed by atoms with E-state index in [1.54, 1.807) is 12.1 Å². The first-order valence-corrected chi connectivity index (χ1v) is 9.24. The molecule has 2 heteroatoms. The van der Waals surface area contributed by atoms with E-state index in [4.69, 9.17) is 0 Å². The number of phenols is 2. The average Bonchev–Trinajstić information content (AvgIpc) is 2.56. The van der Waals surface area contributed by atoms with Gasteiger partial charge in [-0.05, 0) is 91.0 Å². The number of hydrogen-bond donors (Lipinski definition) is 2. The lowest BCUT2D eigenvalue weighted by Gasteiger charge is -2.57. The second-order valence-corrected chi connectivity index (χ2v) is 8.48. The highest BCUT2D eigenvalue weighted by atomic mass is 16.3. The van der Waals surface area contributed by atoms with Crippen LogP contribution in [0, 0.1) is 17.8 Å². The first kappa shape index (κ1) is 14.4. The van der Waals surface area contributed by atoms with Gasteiger partial charge in [-0.15, -0.1) is 0 Å². The molecule has 0 aromatic heterocycles. The molecule has 0 radical (unpaired) electrons. The van der Waals surface area contributed by atoms with Crippen LogP contribution in [0.15, 0.2) is 42.5 Å². The van der Waals surface area contributed by atoms with Crippen LogP contribution in [0.2, 0.25) is 0 Å². The molecule has 4 aliphatic rings. The molecular formula is C22H24O2. The van der Waals surface area contributed by atoms with Crippen LogP contribution in [0.1, 0.15) is 44.1 Å². The van der Waals surface area contributed by atoms with Crippen LogP contribution in [0.4, 0.5) is 0 Å². The molecule has 0 saturated heterocycles. The zero-order chi connectivity index (χ0) is 16.3. The molecule has 2 N–H and O–H groups in total. The second-order valence-electron chi connectivity index (χ2n) is 8.48. The molecule has 6 rings (SSSR count).